The lowest BCUT2D eigenvalue weighted by atomic mass is 10.2. The number of rotatable bonds is 4. The molecule has 3 heterocycles. The van der Waals surface area contributed by atoms with Crippen molar-refractivity contribution in [3.05, 3.63) is 23.7 Å². The second-order valence-corrected chi connectivity index (χ2v) is 6.87. The highest BCUT2D eigenvalue weighted by molar-refractivity contribution is 5.94. The van der Waals surface area contributed by atoms with Crippen LogP contribution in [-0.2, 0) is 11.3 Å². The molecule has 27 heavy (non-hydrogen) atoms. The number of amides is 2. The average Bonchev–Trinajstić information content (AvgIpc) is 2.95. The molecule has 0 aromatic carbocycles. The molecule has 0 saturated carbocycles. The molecule has 0 spiro atoms. The third-order valence-corrected chi connectivity index (χ3v) is 5.08. The van der Waals surface area contributed by atoms with Gasteiger partial charge in [-0.1, -0.05) is 12.8 Å². The van der Waals surface area contributed by atoms with Gasteiger partial charge in [0.15, 0.2) is 0 Å². The van der Waals surface area contributed by atoms with E-state index in [1.54, 1.807) is 6.07 Å². The van der Waals surface area contributed by atoms with E-state index in [-0.39, 0.29) is 36.6 Å². The number of likely N-dealkylation sites (tertiary alicyclic amines) is 1. The van der Waals surface area contributed by atoms with Gasteiger partial charge in [0.05, 0.1) is 18.7 Å². The summed E-state index contributed by atoms with van der Waals surface area (Å²) in [5.74, 6) is 0.816. The molecule has 2 fully saturated rings. The Morgan fingerprint density at radius 2 is 1.56 bits per heavy atom. The lowest BCUT2D eigenvalue weighted by molar-refractivity contribution is -0.132. The molecule has 7 nitrogen and oxygen atoms in total. The van der Waals surface area contributed by atoms with E-state index in [9.17, 15) is 9.59 Å². The van der Waals surface area contributed by atoms with Crippen molar-refractivity contribution in [2.24, 2.45) is 5.73 Å². The van der Waals surface area contributed by atoms with E-state index in [1.165, 1.54) is 19.1 Å². The number of piperazine rings is 1. The molecule has 154 valence electrons. The first kappa shape index (κ1) is 23.8. The lowest BCUT2D eigenvalue weighted by Crippen LogP contribution is -2.51. The molecular weight excluding hydrogens is 391 g/mol. The van der Waals surface area contributed by atoms with Crippen LogP contribution in [0.1, 0.15) is 41.8 Å². The monoisotopic (exact) mass is 420 g/mol. The van der Waals surface area contributed by atoms with E-state index in [0.29, 0.717) is 37.5 Å². The summed E-state index contributed by atoms with van der Waals surface area (Å²) in [6, 6.07) is 1.71. The van der Waals surface area contributed by atoms with Crippen molar-refractivity contribution < 1.29 is 14.0 Å². The maximum absolute atomic E-state index is 12.5. The number of hydrogen-bond donors (Lipinski definition) is 1. The maximum Gasteiger partial charge on any atom is 0.257 e. The van der Waals surface area contributed by atoms with E-state index >= 15 is 0 Å². The summed E-state index contributed by atoms with van der Waals surface area (Å²) in [7, 11) is 0. The van der Waals surface area contributed by atoms with Crippen molar-refractivity contribution in [3.8, 4) is 0 Å². The molecule has 0 aliphatic carbocycles. The topological polar surface area (TPSA) is 83.0 Å². The van der Waals surface area contributed by atoms with Gasteiger partial charge >= 0.3 is 0 Å². The molecule has 0 radical (unpaired) electrons. The summed E-state index contributed by atoms with van der Waals surface area (Å²) in [4.78, 5) is 30.9. The Morgan fingerprint density at radius 3 is 2.11 bits per heavy atom. The van der Waals surface area contributed by atoms with Gasteiger partial charge in [-0.2, -0.15) is 0 Å². The predicted octanol–water partition coefficient (Wildman–Crippen LogP) is 1.74. The Balaban J connectivity index is 0.00000182. The van der Waals surface area contributed by atoms with Crippen LogP contribution in [0.3, 0.4) is 0 Å². The second-order valence-electron chi connectivity index (χ2n) is 6.87. The Morgan fingerprint density at radius 1 is 0.926 bits per heavy atom. The van der Waals surface area contributed by atoms with Crippen LogP contribution in [0.15, 0.2) is 16.7 Å². The van der Waals surface area contributed by atoms with Gasteiger partial charge in [0.2, 0.25) is 5.91 Å². The first-order valence-corrected chi connectivity index (χ1v) is 9.24. The molecular formula is C18H30Cl2N4O3. The van der Waals surface area contributed by atoms with Gasteiger partial charge < -0.3 is 20.0 Å². The third-order valence-electron chi connectivity index (χ3n) is 5.08. The van der Waals surface area contributed by atoms with E-state index in [2.05, 4.69) is 4.90 Å². The number of furan rings is 1. The van der Waals surface area contributed by atoms with Crippen LogP contribution in [0.4, 0.5) is 0 Å². The van der Waals surface area contributed by atoms with Gasteiger partial charge in [-0.15, -0.1) is 24.8 Å². The Kier molecular flexibility index (Phi) is 10.2. The number of carbonyl (C=O) groups is 2. The normalized spacial score (nSPS) is 18.3. The van der Waals surface area contributed by atoms with Gasteiger partial charge in [-0.3, -0.25) is 14.5 Å². The predicted molar refractivity (Wildman–Crippen MR) is 108 cm³/mol. The molecule has 1 aromatic rings. The molecule has 9 heteroatoms. The minimum absolute atomic E-state index is 0. The molecule has 2 amide bonds. The highest BCUT2D eigenvalue weighted by Gasteiger charge is 2.25. The van der Waals surface area contributed by atoms with Crippen molar-refractivity contribution >= 4 is 36.6 Å². The minimum Gasteiger partial charge on any atom is -0.467 e. The van der Waals surface area contributed by atoms with E-state index in [1.807, 2.05) is 9.80 Å². The molecule has 0 unspecified atom stereocenters. The van der Waals surface area contributed by atoms with E-state index in [0.717, 1.165) is 39.0 Å². The number of nitrogens with zero attached hydrogens (tertiary/aromatic N) is 3. The highest BCUT2D eigenvalue weighted by Crippen LogP contribution is 2.14. The number of halogens is 2. The highest BCUT2D eigenvalue weighted by atomic mass is 35.5. The summed E-state index contributed by atoms with van der Waals surface area (Å²) >= 11 is 0. The maximum atomic E-state index is 12.5. The van der Waals surface area contributed by atoms with Crippen molar-refractivity contribution in [3.63, 3.8) is 0 Å². The van der Waals surface area contributed by atoms with Gasteiger partial charge in [0.25, 0.3) is 5.91 Å². The summed E-state index contributed by atoms with van der Waals surface area (Å²) < 4.78 is 5.24. The molecule has 2 saturated heterocycles. The van der Waals surface area contributed by atoms with Gasteiger partial charge in [0.1, 0.15) is 12.0 Å². The number of carbonyl (C=O) groups excluding carboxylic acids is 2. The zero-order chi connectivity index (χ0) is 17.6. The molecule has 3 rings (SSSR count). The van der Waals surface area contributed by atoms with Crippen LogP contribution in [0.5, 0.6) is 0 Å². The van der Waals surface area contributed by atoms with Crippen molar-refractivity contribution in [1.29, 1.82) is 0 Å². The largest absolute Gasteiger partial charge is 0.467 e. The summed E-state index contributed by atoms with van der Waals surface area (Å²) in [6.07, 6.45) is 6.15. The second kappa shape index (κ2) is 11.5. The first-order valence-electron chi connectivity index (χ1n) is 9.24. The third kappa shape index (κ3) is 6.38. The number of hydrogen-bond acceptors (Lipinski definition) is 5. The zero-order valence-corrected chi connectivity index (χ0v) is 17.2. The molecule has 2 aliphatic heterocycles. The fraction of sp³-hybridized carbons (Fsp3) is 0.667. The summed E-state index contributed by atoms with van der Waals surface area (Å²) in [5.41, 5.74) is 6.07. The van der Waals surface area contributed by atoms with Gasteiger partial charge in [-0.05, 0) is 18.9 Å². The smallest absolute Gasteiger partial charge is 0.257 e. The van der Waals surface area contributed by atoms with Crippen molar-refractivity contribution in [2.45, 2.75) is 32.2 Å². The average molecular weight is 421 g/mol. The molecule has 0 bridgehead atoms. The van der Waals surface area contributed by atoms with Crippen LogP contribution in [0, 0.1) is 0 Å². The minimum atomic E-state index is -0.0260. The van der Waals surface area contributed by atoms with Gasteiger partial charge in [-0.25, -0.2) is 0 Å². The standard InChI is InChI=1S/C18H28N4O3.2ClH/c19-12-16-11-15(14-25-16)18(24)22-9-7-20(8-10-22)13-17(23)21-5-3-1-2-4-6-21;;/h11,14H,1-10,12-13,19H2;2*1H. The first-order chi connectivity index (χ1) is 12.2. The number of nitrogens with two attached hydrogens (primary N) is 1. The summed E-state index contributed by atoms with van der Waals surface area (Å²) in [5, 5.41) is 0. The van der Waals surface area contributed by atoms with Crippen LogP contribution in [-0.4, -0.2) is 72.3 Å². The molecule has 0 atom stereocenters. The van der Waals surface area contributed by atoms with E-state index < -0.39 is 0 Å². The van der Waals surface area contributed by atoms with E-state index in [4.69, 9.17) is 10.2 Å². The fourth-order valence-electron chi connectivity index (χ4n) is 3.50. The lowest BCUT2D eigenvalue weighted by Gasteiger charge is -2.35. The zero-order valence-electron chi connectivity index (χ0n) is 15.6. The Hall–Kier alpha value is -1.28. The molecule has 2 aliphatic rings. The van der Waals surface area contributed by atoms with Crippen LogP contribution >= 0.6 is 24.8 Å². The van der Waals surface area contributed by atoms with Crippen molar-refractivity contribution in [2.75, 3.05) is 45.8 Å². The quantitative estimate of drug-likeness (QED) is 0.801. The molecule has 2 N–H and O–H groups in total. The van der Waals surface area contributed by atoms with Crippen LogP contribution in [0.2, 0.25) is 0 Å². The fourth-order valence-corrected chi connectivity index (χ4v) is 3.50. The SMILES string of the molecule is Cl.Cl.NCc1cc(C(=O)N2CCN(CC(=O)N3CCCCCC3)CC2)co1. The molecule has 1 aromatic heterocycles. The van der Waals surface area contributed by atoms with Gasteiger partial charge in [0, 0.05) is 39.3 Å². The Bertz CT molecular complexity index is 595. The van der Waals surface area contributed by atoms with Crippen LogP contribution < -0.4 is 5.73 Å². The Labute approximate surface area is 173 Å². The van der Waals surface area contributed by atoms with Crippen LogP contribution in [0.25, 0.3) is 0 Å². The van der Waals surface area contributed by atoms with Crippen molar-refractivity contribution in [1.82, 2.24) is 14.7 Å². The summed E-state index contributed by atoms with van der Waals surface area (Å²) in [6.45, 7) is 5.26.